The van der Waals surface area contributed by atoms with Crippen molar-refractivity contribution in [1.82, 2.24) is 24.8 Å². The Morgan fingerprint density at radius 1 is 1.42 bits per heavy atom. The molecule has 0 radical (unpaired) electrons. The van der Waals surface area contributed by atoms with Crippen molar-refractivity contribution >= 4 is 0 Å². The number of nitrogens with zero attached hydrogens (tertiary/aromatic N) is 5. The fourth-order valence-electron chi connectivity index (χ4n) is 2.05. The van der Waals surface area contributed by atoms with E-state index in [1.807, 2.05) is 31.0 Å². The second kappa shape index (κ2) is 5.97. The maximum absolute atomic E-state index is 5.32. The second-order valence-corrected chi connectivity index (χ2v) is 4.66. The Morgan fingerprint density at radius 2 is 2.21 bits per heavy atom. The first kappa shape index (κ1) is 13.7. The molecule has 0 saturated carbocycles. The molecule has 2 aromatic rings. The predicted molar refractivity (Wildman–Crippen MR) is 71.4 cm³/mol. The smallest absolute Gasteiger partial charge is 0.243 e. The summed E-state index contributed by atoms with van der Waals surface area (Å²) in [6, 6.07) is 0.109. The Morgan fingerprint density at radius 3 is 2.74 bits per heavy atom. The van der Waals surface area contributed by atoms with Gasteiger partial charge in [0, 0.05) is 31.8 Å². The van der Waals surface area contributed by atoms with Crippen molar-refractivity contribution in [1.29, 1.82) is 0 Å². The number of hydrogen-bond donors (Lipinski definition) is 0. The van der Waals surface area contributed by atoms with E-state index in [1.165, 1.54) is 5.56 Å². The molecule has 6 nitrogen and oxygen atoms in total. The largest absolute Gasteiger partial charge is 0.338 e. The Labute approximate surface area is 113 Å². The zero-order valence-corrected chi connectivity index (χ0v) is 12.0. The molecule has 1 unspecified atom stereocenters. The van der Waals surface area contributed by atoms with Crippen LogP contribution in [0.1, 0.15) is 44.1 Å². The lowest BCUT2D eigenvalue weighted by atomic mass is 10.2. The van der Waals surface area contributed by atoms with Crippen LogP contribution in [0.4, 0.5) is 0 Å². The minimum Gasteiger partial charge on any atom is -0.338 e. The molecule has 0 aromatic carbocycles. The minimum atomic E-state index is 0.109. The molecule has 2 rings (SSSR count). The monoisotopic (exact) mass is 263 g/mol. The van der Waals surface area contributed by atoms with Crippen molar-refractivity contribution in [3.8, 4) is 0 Å². The fraction of sp³-hybridized carbons (Fsp3) is 0.615. The topological polar surface area (TPSA) is 60.0 Å². The van der Waals surface area contributed by atoms with Crippen LogP contribution in [0.2, 0.25) is 0 Å². The van der Waals surface area contributed by atoms with Gasteiger partial charge in [-0.15, -0.1) is 0 Å². The standard InChI is InChI=1S/C13H21N5O/c1-5-12-15-13(19-16-12)10(3)18(6-2)9-11-7-14-17(4)8-11/h7-8,10H,5-6,9H2,1-4H3. The Balaban J connectivity index is 2.08. The quantitative estimate of drug-likeness (QED) is 0.797. The average molecular weight is 263 g/mol. The molecule has 2 heterocycles. The molecule has 0 aliphatic heterocycles. The molecule has 2 aromatic heterocycles. The molecule has 6 heteroatoms. The van der Waals surface area contributed by atoms with Gasteiger partial charge in [0.15, 0.2) is 5.82 Å². The molecular weight excluding hydrogens is 242 g/mol. The van der Waals surface area contributed by atoms with Crippen LogP contribution < -0.4 is 0 Å². The molecule has 0 spiro atoms. The summed E-state index contributed by atoms with van der Waals surface area (Å²) in [5.74, 6) is 1.45. The third kappa shape index (κ3) is 3.20. The van der Waals surface area contributed by atoms with Gasteiger partial charge in [-0.2, -0.15) is 10.1 Å². The van der Waals surface area contributed by atoms with Crippen molar-refractivity contribution in [3.63, 3.8) is 0 Å². The van der Waals surface area contributed by atoms with Gasteiger partial charge in [0.2, 0.25) is 5.89 Å². The van der Waals surface area contributed by atoms with Crippen molar-refractivity contribution < 1.29 is 4.52 Å². The van der Waals surface area contributed by atoms with Gasteiger partial charge in [-0.3, -0.25) is 9.58 Å². The highest BCUT2D eigenvalue weighted by molar-refractivity contribution is 5.04. The number of aryl methyl sites for hydroxylation is 2. The van der Waals surface area contributed by atoms with Crippen LogP contribution in [0.5, 0.6) is 0 Å². The fourth-order valence-corrected chi connectivity index (χ4v) is 2.05. The highest BCUT2D eigenvalue weighted by Gasteiger charge is 2.20. The van der Waals surface area contributed by atoms with Gasteiger partial charge in [0.1, 0.15) is 0 Å². The van der Waals surface area contributed by atoms with Crippen LogP contribution in [0, 0.1) is 0 Å². The third-order valence-corrected chi connectivity index (χ3v) is 3.26. The highest BCUT2D eigenvalue weighted by atomic mass is 16.5. The van der Waals surface area contributed by atoms with Gasteiger partial charge in [-0.1, -0.05) is 19.0 Å². The molecule has 0 saturated heterocycles. The SMILES string of the molecule is CCc1noc(C(C)N(CC)Cc2cnn(C)c2)n1. The summed E-state index contributed by atoms with van der Waals surface area (Å²) in [7, 11) is 1.93. The molecule has 0 aliphatic carbocycles. The Kier molecular flexibility index (Phi) is 4.31. The van der Waals surface area contributed by atoms with Gasteiger partial charge in [0.05, 0.1) is 12.2 Å². The van der Waals surface area contributed by atoms with E-state index in [9.17, 15) is 0 Å². The first-order valence-corrected chi connectivity index (χ1v) is 6.68. The summed E-state index contributed by atoms with van der Waals surface area (Å²) < 4.78 is 7.13. The average Bonchev–Trinajstić information content (AvgIpc) is 3.04. The van der Waals surface area contributed by atoms with Gasteiger partial charge in [0.25, 0.3) is 0 Å². The maximum Gasteiger partial charge on any atom is 0.243 e. The first-order valence-electron chi connectivity index (χ1n) is 6.68. The van der Waals surface area contributed by atoms with E-state index in [2.05, 4.69) is 34.0 Å². The molecule has 0 amide bonds. The summed E-state index contributed by atoms with van der Waals surface area (Å²) >= 11 is 0. The van der Waals surface area contributed by atoms with Gasteiger partial charge in [-0.25, -0.2) is 0 Å². The molecule has 0 aliphatic rings. The molecule has 0 fully saturated rings. The zero-order valence-electron chi connectivity index (χ0n) is 12.0. The first-order chi connectivity index (χ1) is 9.13. The van der Waals surface area contributed by atoms with Crippen molar-refractivity contribution in [3.05, 3.63) is 29.7 Å². The van der Waals surface area contributed by atoms with Crippen LogP contribution >= 0.6 is 0 Å². The van der Waals surface area contributed by atoms with E-state index in [0.29, 0.717) is 5.89 Å². The molecule has 0 bridgehead atoms. The van der Waals surface area contributed by atoms with Crippen LogP contribution in [0.3, 0.4) is 0 Å². The summed E-state index contributed by atoms with van der Waals surface area (Å²) in [5, 5.41) is 8.15. The van der Waals surface area contributed by atoms with E-state index in [1.54, 1.807) is 0 Å². The van der Waals surface area contributed by atoms with E-state index >= 15 is 0 Å². The van der Waals surface area contributed by atoms with Crippen molar-refractivity contribution in [2.24, 2.45) is 7.05 Å². The molecule has 1 atom stereocenters. The zero-order chi connectivity index (χ0) is 13.8. The minimum absolute atomic E-state index is 0.109. The maximum atomic E-state index is 5.32. The summed E-state index contributed by atoms with van der Waals surface area (Å²) in [4.78, 5) is 6.69. The normalized spacial score (nSPS) is 13.1. The summed E-state index contributed by atoms with van der Waals surface area (Å²) in [6.45, 7) is 7.98. The van der Waals surface area contributed by atoms with Gasteiger partial charge < -0.3 is 4.52 Å². The van der Waals surface area contributed by atoms with Crippen LogP contribution in [0.25, 0.3) is 0 Å². The molecule has 19 heavy (non-hydrogen) atoms. The number of aromatic nitrogens is 4. The molecule has 0 N–H and O–H groups in total. The number of rotatable bonds is 6. The molecular formula is C13H21N5O. The van der Waals surface area contributed by atoms with Crippen LogP contribution in [0.15, 0.2) is 16.9 Å². The summed E-state index contributed by atoms with van der Waals surface area (Å²) in [6.07, 6.45) is 4.71. The summed E-state index contributed by atoms with van der Waals surface area (Å²) in [5.41, 5.74) is 1.19. The van der Waals surface area contributed by atoms with E-state index in [0.717, 1.165) is 25.3 Å². The second-order valence-electron chi connectivity index (χ2n) is 4.66. The Bertz CT molecular complexity index is 519. The van der Waals surface area contributed by atoms with Crippen molar-refractivity contribution in [2.45, 2.75) is 39.8 Å². The lowest BCUT2D eigenvalue weighted by Gasteiger charge is -2.24. The highest BCUT2D eigenvalue weighted by Crippen LogP contribution is 2.20. The van der Waals surface area contributed by atoms with Crippen LogP contribution in [-0.4, -0.2) is 31.4 Å². The van der Waals surface area contributed by atoms with Gasteiger partial charge in [-0.05, 0) is 13.5 Å². The van der Waals surface area contributed by atoms with Crippen LogP contribution in [-0.2, 0) is 20.0 Å². The van der Waals surface area contributed by atoms with E-state index in [-0.39, 0.29) is 6.04 Å². The lowest BCUT2D eigenvalue weighted by molar-refractivity contribution is 0.173. The third-order valence-electron chi connectivity index (χ3n) is 3.26. The predicted octanol–water partition coefficient (Wildman–Crippen LogP) is 1.95. The molecule has 104 valence electrons. The Hall–Kier alpha value is -1.69. The van der Waals surface area contributed by atoms with Crippen molar-refractivity contribution in [2.75, 3.05) is 6.54 Å². The number of hydrogen-bond acceptors (Lipinski definition) is 5. The van der Waals surface area contributed by atoms with E-state index in [4.69, 9.17) is 4.52 Å². The van der Waals surface area contributed by atoms with E-state index < -0.39 is 0 Å². The lowest BCUT2D eigenvalue weighted by Crippen LogP contribution is -2.26. The van der Waals surface area contributed by atoms with Gasteiger partial charge >= 0.3 is 0 Å².